The second kappa shape index (κ2) is 7.76. The predicted octanol–water partition coefficient (Wildman–Crippen LogP) is 1.81. The molecule has 140 valence electrons. The number of nitrogens with zero attached hydrogens (tertiary/aromatic N) is 1. The fourth-order valence-electron chi connectivity index (χ4n) is 2.48. The highest BCUT2D eigenvalue weighted by Crippen LogP contribution is 2.31. The fraction of sp³-hybridized carbons (Fsp3) is 0.278. The van der Waals surface area contributed by atoms with Gasteiger partial charge in [0.15, 0.2) is 0 Å². The lowest BCUT2D eigenvalue weighted by atomic mass is 10.1. The number of hydrogen-bond acceptors (Lipinski definition) is 5. The summed E-state index contributed by atoms with van der Waals surface area (Å²) >= 11 is 0. The smallest absolute Gasteiger partial charge is 0.268 e. The molecule has 0 aliphatic carbocycles. The van der Waals surface area contributed by atoms with E-state index in [1.807, 2.05) is 19.3 Å². The number of nitrogens with two attached hydrogens (primary N) is 1. The summed E-state index contributed by atoms with van der Waals surface area (Å²) in [4.78, 5) is 11.9. The number of hydrazine groups is 1. The molecule has 1 amide bonds. The molecule has 0 aliphatic heterocycles. The summed E-state index contributed by atoms with van der Waals surface area (Å²) in [6.45, 7) is 5.14. The molecule has 0 unspecified atom stereocenters. The van der Waals surface area contributed by atoms with Crippen molar-refractivity contribution in [2.45, 2.75) is 25.7 Å². The van der Waals surface area contributed by atoms with Crippen LogP contribution < -0.4 is 20.3 Å². The summed E-state index contributed by atoms with van der Waals surface area (Å²) in [5.74, 6) is 4.75. The minimum atomic E-state index is -4.06. The standard InChI is InChI=1S/C18H23N3O4S/c1-12-5-8-16(25-4)17(9-12)26(23,24)21(11-18(22)20-19)15-7-6-13(2)14(3)10-15/h5-10H,11,19H2,1-4H3,(H,20,22). The summed E-state index contributed by atoms with van der Waals surface area (Å²) in [7, 11) is -2.66. The molecule has 0 bridgehead atoms. The molecule has 0 atom stereocenters. The molecule has 0 fully saturated rings. The Kier molecular flexibility index (Phi) is 5.89. The Balaban J connectivity index is 2.65. The highest BCUT2D eigenvalue weighted by Gasteiger charge is 2.30. The van der Waals surface area contributed by atoms with Gasteiger partial charge in [-0.15, -0.1) is 0 Å². The maximum Gasteiger partial charge on any atom is 0.268 e. The highest BCUT2D eigenvalue weighted by molar-refractivity contribution is 7.93. The van der Waals surface area contributed by atoms with E-state index < -0.39 is 22.5 Å². The van der Waals surface area contributed by atoms with Crippen LogP contribution in [0, 0.1) is 20.8 Å². The third-order valence-corrected chi connectivity index (χ3v) is 5.91. The van der Waals surface area contributed by atoms with Gasteiger partial charge < -0.3 is 4.74 Å². The van der Waals surface area contributed by atoms with E-state index in [2.05, 4.69) is 0 Å². The molecule has 7 nitrogen and oxygen atoms in total. The highest BCUT2D eigenvalue weighted by atomic mass is 32.2. The number of amides is 1. The van der Waals surface area contributed by atoms with E-state index >= 15 is 0 Å². The number of anilines is 1. The van der Waals surface area contributed by atoms with Gasteiger partial charge in [0.2, 0.25) is 0 Å². The second-order valence-corrected chi connectivity index (χ2v) is 7.83. The Morgan fingerprint density at radius 3 is 2.38 bits per heavy atom. The van der Waals surface area contributed by atoms with E-state index in [0.29, 0.717) is 5.69 Å². The fourth-order valence-corrected chi connectivity index (χ4v) is 4.13. The van der Waals surface area contributed by atoms with Crippen molar-refractivity contribution in [3.8, 4) is 5.75 Å². The number of sulfonamides is 1. The van der Waals surface area contributed by atoms with Gasteiger partial charge in [-0.2, -0.15) is 0 Å². The largest absolute Gasteiger partial charge is 0.495 e. The van der Waals surface area contributed by atoms with Gasteiger partial charge in [-0.05, 0) is 61.7 Å². The number of carbonyl (C=O) groups excluding carboxylic acids is 1. The number of rotatable bonds is 6. The molecule has 0 saturated carbocycles. The van der Waals surface area contributed by atoms with Crippen LogP contribution in [0.3, 0.4) is 0 Å². The van der Waals surface area contributed by atoms with E-state index in [1.165, 1.54) is 13.2 Å². The normalized spacial score (nSPS) is 11.1. The third-order valence-electron chi connectivity index (χ3n) is 4.11. The number of hydrogen-bond donors (Lipinski definition) is 2. The molecule has 0 radical (unpaired) electrons. The van der Waals surface area contributed by atoms with Crippen LogP contribution in [0.15, 0.2) is 41.3 Å². The van der Waals surface area contributed by atoms with Crippen LogP contribution in [0.2, 0.25) is 0 Å². The summed E-state index contributed by atoms with van der Waals surface area (Å²) in [5, 5.41) is 0. The zero-order chi connectivity index (χ0) is 19.5. The first-order valence-electron chi connectivity index (χ1n) is 7.94. The number of nitrogens with one attached hydrogen (secondary N) is 1. The topological polar surface area (TPSA) is 102 Å². The summed E-state index contributed by atoms with van der Waals surface area (Å²) in [5.41, 5.74) is 5.04. The van der Waals surface area contributed by atoms with Crippen LogP contribution in [0.1, 0.15) is 16.7 Å². The Morgan fingerprint density at radius 2 is 1.81 bits per heavy atom. The van der Waals surface area contributed by atoms with Crippen molar-refractivity contribution in [3.05, 3.63) is 53.1 Å². The van der Waals surface area contributed by atoms with Gasteiger partial charge in [0, 0.05) is 0 Å². The molecular weight excluding hydrogens is 354 g/mol. The zero-order valence-corrected chi connectivity index (χ0v) is 16.1. The summed E-state index contributed by atoms with van der Waals surface area (Å²) < 4.78 is 32.9. The van der Waals surface area contributed by atoms with Crippen molar-refractivity contribution < 1.29 is 17.9 Å². The van der Waals surface area contributed by atoms with Gasteiger partial charge in [0.05, 0.1) is 12.8 Å². The van der Waals surface area contributed by atoms with Gasteiger partial charge in [0.25, 0.3) is 15.9 Å². The summed E-state index contributed by atoms with van der Waals surface area (Å²) in [6, 6.07) is 10.0. The molecule has 0 spiro atoms. The van der Waals surface area contributed by atoms with Crippen molar-refractivity contribution >= 4 is 21.6 Å². The molecule has 0 saturated heterocycles. The molecule has 3 N–H and O–H groups in total. The maximum absolute atomic E-state index is 13.3. The summed E-state index contributed by atoms with van der Waals surface area (Å²) in [6.07, 6.45) is 0. The SMILES string of the molecule is COc1ccc(C)cc1S(=O)(=O)N(CC(=O)NN)c1ccc(C)c(C)c1. The van der Waals surface area contributed by atoms with Crippen LogP contribution >= 0.6 is 0 Å². The van der Waals surface area contributed by atoms with E-state index in [9.17, 15) is 13.2 Å². The maximum atomic E-state index is 13.3. The van der Waals surface area contributed by atoms with Crippen LogP contribution in [0.4, 0.5) is 5.69 Å². The number of benzene rings is 2. The zero-order valence-electron chi connectivity index (χ0n) is 15.2. The lowest BCUT2D eigenvalue weighted by Crippen LogP contribution is -2.43. The Labute approximate surface area is 153 Å². The molecule has 2 rings (SSSR count). The van der Waals surface area contributed by atoms with E-state index in [-0.39, 0.29) is 10.6 Å². The molecule has 26 heavy (non-hydrogen) atoms. The van der Waals surface area contributed by atoms with Gasteiger partial charge >= 0.3 is 0 Å². The Hall–Kier alpha value is -2.58. The number of aryl methyl sites for hydroxylation is 3. The number of carbonyl (C=O) groups is 1. The lowest BCUT2D eigenvalue weighted by molar-refractivity contribution is -0.119. The molecule has 0 aliphatic rings. The van der Waals surface area contributed by atoms with Crippen molar-refractivity contribution in [2.75, 3.05) is 18.0 Å². The third kappa shape index (κ3) is 3.97. The second-order valence-electron chi connectivity index (χ2n) is 6.00. The Bertz CT molecular complexity index is 926. The molecule has 0 heterocycles. The van der Waals surface area contributed by atoms with Crippen LogP contribution in [-0.4, -0.2) is 28.0 Å². The Morgan fingerprint density at radius 1 is 1.12 bits per heavy atom. The van der Waals surface area contributed by atoms with Gasteiger partial charge in [-0.1, -0.05) is 12.1 Å². The number of methoxy groups -OCH3 is 1. The van der Waals surface area contributed by atoms with Crippen molar-refractivity contribution in [1.82, 2.24) is 5.43 Å². The van der Waals surface area contributed by atoms with E-state index in [0.717, 1.165) is 21.0 Å². The number of ether oxygens (including phenoxy) is 1. The molecule has 2 aromatic rings. The van der Waals surface area contributed by atoms with Crippen molar-refractivity contribution in [1.29, 1.82) is 0 Å². The van der Waals surface area contributed by atoms with E-state index in [4.69, 9.17) is 10.6 Å². The van der Waals surface area contributed by atoms with Crippen molar-refractivity contribution in [3.63, 3.8) is 0 Å². The molecule has 8 heteroatoms. The first kappa shape index (κ1) is 19.7. The van der Waals surface area contributed by atoms with Crippen molar-refractivity contribution in [2.24, 2.45) is 5.84 Å². The molecule has 0 aromatic heterocycles. The predicted molar refractivity (Wildman–Crippen MR) is 101 cm³/mol. The van der Waals surface area contributed by atoms with Crippen LogP contribution in [0.5, 0.6) is 5.75 Å². The van der Waals surface area contributed by atoms with E-state index in [1.54, 1.807) is 37.3 Å². The average molecular weight is 377 g/mol. The van der Waals surface area contributed by atoms with Gasteiger partial charge in [-0.25, -0.2) is 14.3 Å². The minimum Gasteiger partial charge on any atom is -0.495 e. The average Bonchev–Trinajstić information content (AvgIpc) is 2.61. The monoisotopic (exact) mass is 377 g/mol. The minimum absolute atomic E-state index is 0.0111. The lowest BCUT2D eigenvalue weighted by Gasteiger charge is -2.25. The first-order valence-corrected chi connectivity index (χ1v) is 9.38. The van der Waals surface area contributed by atoms with Gasteiger partial charge in [0.1, 0.15) is 17.2 Å². The van der Waals surface area contributed by atoms with Crippen LogP contribution in [0.25, 0.3) is 0 Å². The quantitative estimate of drug-likeness (QED) is 0.454. The van der Waals surface area contributed by atoms with Crippen LogP contribution in [-0.2, 0) is 14.8 Å². The van der Waals surface area contributed by atoms with Gasteiger partial charge in [-0.3, -0.25) is 14.5 Å². The molecular formula is C18H23N3O4S. The molecule has 2 aromatic carbocycles. The first-order chi connectivity index (χ1) is 12.2.